The zero-order valence-corrected chi connectivity index (χ0v) is 42.4. The minimum atomic E-state index is -1.12. The minimum Gasteiger partial charge on any atom is -0.544 e. The molecule has 0 saturated carbocycles. The predicted octanol–water partition coefficient (Wildman–Crippen LogP) is 14.2. The molecule has 372 valence electrons. The van der Waals surface area contributed by atoms with Crippen LogP contribution in [0.3, 0.4) is 0 Å². The van der Waals surface area contributed by atoms with Crippen molar-refractivity contribution in [2.24, 2.45) is 0 Å². The Labute approximate surface area is 395 Å². The van der Waals surface area contributed by atoms with Crippen LogP contribution in [0.5, 0.6) is 0 Å². The second kappa shape index (κ2) is 46.8. The third kappa shape index (κ3) is 44.5. The van der Waals surface area contributed by atoms with E-state index in [2.05, 4.69) is 62.5 Å². The summed E-state index contributed by atoms with van der Waals surface area (Å²) < 4.78 is 17.3. The monoisotopic (exact) mass is 900 g/mol. The van der Waals surface area contributed by atoms with Gasteiger partial charge in [-0.2, -0.15) is 0 Å². The van der Waals surface area contributed by atoms with Gasteiger partial charge in [-0.25, -0.2) is 0 Å². The van der Waals surface area contributed by atoms with Gasteiger partial charge in [0.1, 0.15) is 12.6 Å². The quantitative estimate of drug-likeness (QED) is 0.0259. The van der Waals surface area contributed by atoms with Crippen LogP contribution in [0.2, 0.25) is 0 Å². The maximum Gasteiger partial charge on any atom is 0.306 e. The number of ether oxygens (including phenoxy) is 3. The van der Waals surface area contributed by atoms with E-state index in [9.17, 15) is 19.5 Å². The summed E-state index contributed by atoms with van der Waals surface area (Å²) in [5, 5.41) is 11.7. The highest BCUT2D eigenvalue weighted by molar-refractivity contribution is 5.70. The first-order chi connectivity index (χ1) is 31.1. The van der Waals surface area contributed by atoms with E-state index in [1.807, 2.05) is 0 Å². The number of carboxylic acids is 1. The second-order valence-corrected chi connectivity index (χ2v) is 19.1. The topological polar surface area (TPSA) is 102 Å². The smallest absolute Gasteiger partial charge is 0.306 e. The van der Waals surface area contributed by atoms with E-state index >= 15 is 0 Å². The van der Waals surface area contributed by atoms with E-state index in [-0.39, 0.29) is 42.7 Å². The summed E-state index contributed by atoms with van der Waals surface area (Å²) in [6.45, 7) is 4.57. The van der Waals surface area contributed by atoms with Crippen molar-refractivity contribution in [1.29, 1.82) is 0 Å². The molecule has 0 rings (SSSR count). The largest absolute Gasteiger partial charge is 0.544 e. The number of carboxylic acid groups (broad SMARTS) is 1. The molecule has 0 aromatic carbocycles. The maximum absolute atomic E-state index is 12.8. The summed E-state index contributed by atoms with van der Waals surface area (Å²) in [6.07, 6.45) is 57.1. The number of quaternary nitrogens is 1. The lowest BCUT2D eigenvalue weighted by Gasteiger charge is -2.34. The number of unbranched alkanes of at least 4 members (excludes halogenated alkanes) is 26. The number of likely N-dealkylation sites (N-methyl/N-ethyl adjacent to an activating group) is 1. The molecule has 0 heterocycles. The molecule has 0 aromatic heterocycles. The van der Waals surface area contributed by atoms with Crippen molar-refractivity contribution in [1.82, 2.24) is 0 Å². The maximum atomic E-state index is 12.8. The van der Waals surface area contributed by atoms with E-state index in [1.54, 1.807) is 21.1 Å². The Bertz CT molecular complexity index is 1190. The van der Waals surface area contributed by atoms with Crippen LogP contribution in [0.15, 0.2) is 48.6 Å². The van der Waals surface area contributed by atoms with E-state index in [4.69, 9.17) is 14.2 Å². The Kier molecular flexibility index (Phi) is 44.8. The van der Waals surface area contributed by atoms with Crippen molar-refractivity contribution in [3.05, 3.63) is 48.6 Å². The molecule has 8 nitrogen and oxygen atoms in total. The zero-order valence-electron chi connectivity index (χ0n) is 42.4. The Morgan fingerprint density at radius 3 is 1.30 bits per heavy atom. The summed E-state index contributed by atoms with van der Waals surface area (Å²) in [5.74, 6) is -1.74. The van der Waals surface area contributed by atoms with Crippen molar-refractivity contribution >= 4 is 17.9 Å². The SMILES string of the molecule is CC/C=C/C/C=C/C/C=C/C/C=C/CCCCCCCCCC(=O)OCC(COCCC(C(=O)[O-])[N+](C)(C)C)OC(=O)CCCCCCCCCCCCCCCCCCCCCC. The molecule has 0 aliphatic heterocycles. The van der Waals surface area contributed by atoms with Crippen molar-refractivity contribution in [3.63, 3.8) is 0 Å². The number of hydrogen-bond donors (Lipinski definition) is 0. The van der Waals surface area contributed by atoms with Gasteiger partial charge in [0.25, 0.3) is 0 Å². The van der Waals surface area contributed by atoms with E-state index < -0.39 is 18.1 Å². The molecule has 0 aliphatic rings. The highest BCUT2D eigenvalue weighted by atomic mass is 16.6. The molecular weight excluding hydrogens is 799 g/mol. The van der Waals surface area contributed by atoms with Gasteiger partial charge in [-0.3, -0.25) is 9.59 Å². The lowest BCUT2D eigenvalue weighted by molar-refractivity contribution is -0.889. The van der Waals surface area contributed by atoms with Crippen LogP contribution in [-0.4, -0.2) is 75.5 Å². The standard InChI is InChI=1S/C56H101NO7/c1-6-8-10-12-14-16-18-20-22-24-26-28-30-32-34-36-38-40-42-44-46-54(58)63-51-52(50-62-49-48-53(56(60)61)57(3,4)5)64-55(59)47-45-43-41-39-37-35-33-31-29-27-25-23-21-19-17-15-13-11-9-7-2/h8,10,14,16,20,22,26,28,52-53H,6-7,9,11-13,15,17-19,21,23-25,27,29-51H2,1-5H3/b10-8+,16-14+,22-20+,28-26+. The lowest BCUT2D eigenvalue weighted by atomic mass is 10.0. The van der Waals surface area contributed by atoms with Crippen LogP contribution in [0.25, 0.3) is 0 Å². The molecule has 8 heteroatoms. The van der Waals surface area contributed by atoms with Gasteiger partial charge in [-0.1, -0.05) is 217 Å². The summed E-state index contributed by atoms with van der Waals surface area (Å²) in [5.41, 5.74) is 0. The summed E-state index contributed by atoms with van der Waals surface area (Å²) in [6, 6.07) is -0.728. The van der Waals surface area contributed by atoms with Crippen LogP contribution in [0.1, 0.15) is 239 Å². The first-order valence-corrected chi connectivity index (χ1v) is 26.7. The molecule has 0 radical (unpaired) electrons. The van der Waals surface area contributed by atoms with Crippen LogP contribution < -0.4 is 5.11 Å². The first kappa shape index (κ1) is 61.3. The minimum absolute atomic E-state index is 0.0392. The van der Waals surface area contributed by atoms with Gasteiger partial charge in [0.2, 0.25) is 0 Å². The first-order valence-electron chi connectivity index (χ1n) is 26.7. The van der Waals surface area contributed by atoms with Gasteiger partial charge >= 0.3 is 11.9 Å². The van der Waals surface area contributed by atoms with E-state index in [1.165, 1.54) is 135 Å². The number of carbonyl (C=O) groups excluding carboxylic acids is 3. The average Bonchev–Trinajstić information content (AvgIpc) is 3.26. The molecule has 0 aromatic rings. The molecule has 2 atom stereocenters. The van der Waals surface area contributed by atoms with Crippen LogP contribution in [0.4, 0.5) is 0 Å². The van der Waals surface area contributed by atoms with Crippen molar-refractivity contribution < 1.29 is 38.2 Å². The summed E-state index contributed by atoms with van der Waals surface area (Å²) in [7, 11) is 5.42. The van der Waals surface area contributed by atoms with Crippen molar-refractivity contribution in [2.45, 2.75) is 251 Å². The molecule has 0 N–H and O–H groups in total. The molecule has 0 amide bonds. The number of allylic oxidation sites excluding steroid dienone is 8. The molecular formula is C56H101NO7. The normalized spacial score (nSPS) is 13.2. The third-order valence-corrected chi connectivity index (χ3v) is 12.0. The third-order valence-electron chi connectivity index (χ3n) is 12.0. The average molecular weight is 900 g/mol. The number of esters is 2. The molecule has 64 heavy (non-hydrogen) atoms. The van der Waals surface area contributed by atoms with Gasteiger partial charge < -0.3 is 28.6 Å². The zero-order chi connectivity index (χ0) is 47.0. The molecule has 2 unspecified atom stereocenters. The van der Waals surface area contributed by atoms with Gasteiger partial charge in [0.15, 0.2) is 6.10 Å². The fourth-order valence-corrected chi connectivity index (χ4v) is 7.89. The second-order valence-electron chi connectivity index (χ2n) is 19.1. The van der Waals surface area contributed by atoms with E-state index in [0.29, 0.717) is 12.8 Å². The molecule has 0 bridgehead atoms. The van der Waals surface area contributed by atoms with Gasteiger partial charge in [-0.05, 0) is 51.4 Å². The molecule has 0 fully saturated rings. The number of nitrogens with zero attached hydrogens (tertiary/aromatic N) is 1. The Hall–Kier alpha value is -2.71. The number of aliphatic carboxylic acids is 1. The van der Waals surface area contributed by atoms with Crippen LogP contribution >= 0.6 is 0 Å². The van der Waals surface area contributed by atoms with Crippen molar-refractivity contribution in [2.75, 3.05) is 41.0 Å². The highest BCUT2D eigenvalue weighted by Crippen LogP contribution is 2.16. The molecule has 0 spiro atoms. The Morgan fingerprint density at radius 2 is 0.875 bits per heavy atom. The van der Waals surface area contributed by atoms with Crippen molar-refractivity contribution in [3.8, 4) is 0 Å². The predicted molar refractivity (Wildman–Crippen MR) is 268 cm³/mol. The van der Waals surface area contributed by atoms with Crippen LogP contribution in [0, 0.1) is 0 Å². The number of carbonyl (C=O) groups is 3. The Balaban J connectivity index is 4.22. The molecule has 0 saturated heterocycles. The van der Waals surface area contributed by atoms with E-state index in [0.717, 1.165) is 70.6 Å². The van der Waals surface area contributed by atoms with Gasteiger partial charge in [0, 0.05) is 19.3 Å². The fourth-order valence-electron chi connectivity index (χ4n) is 7.89. The summed E-state index contributed by atoms with van der Waals surface area (Å²) in [4.78, 5) is 37.1. The Morgan fingerprint density at radius 1 is 0.484 bits per heavy atom. The number of rotatable bonds is 48. The fraction of sp³-hybridized carbons (Fsp3) is 0.804. The van der Waals surface area contributed by atoms with Crippen LogP contribution in [-0.2, 0) is 28.6 Å². The van der Waals surface area contributed by atoms with Gasteiger partial charge in [0.05, 0.1) is 40.3 Å². The van der Waals surface area contributed by atoms with Gasteiger partial charge in [-0.15, -0.1) is 0 Å². The lowest BCUT2D eigenvalue weighted by Crippen LogP contribution is -2.55. The highest BCUT2D eigenvalue weighted by Gasteiger charge is 2.25. The molecule has 0 aliphatic carbocycles. The number of hydrogen-bond acceptors (Lipinski definition) is 7. The summed E-state index contributed by atoms with van der Waals surface area (Å²) >= 11 is 0.